The van der Waals surface area contributed by atoms with Crippen molar-refractivity contribution in [2.75, 3.05) is 18.9 Å². The molecule has 5 heteroatoms. The zero-order chi connectivity index (χ0) is 12.7. The number of nitrogens with one attached hydrogen (secondary N) is 2. The molecule has 1 amide bonds. The average Bonchev–Trinajstić information content (AvgIpc) is 2.70. The molecule has 1 rings (SSSR count). The summed E-state index contributed by atoms with van der Waals surface area (Å²) in [6.07, 6.45) is 6.27. The van der Waals surface area contributed by atoms with E-state index in [0.29, 0.717) is 11.5 Å². The summed E-state index contributed by atoms with van der Waals surface area (Å²) in [7, 11) is 3.58. The van der Waals surface area contributed by atoms with Gasteiger partial charge in [-0.1, -0.05) is 26.2 Å². The minimum absolute atomic E-state index is 0.0640. The third-order valence-corrected chi connectivity index (χ3v) is 2.70. The van der Waals surface area contributed by atoms with Crippen LogP contribution < -0.4 is 10.6 Å². The summed E-state index contributed by atoms with van der Waals surface area (Å²) < 4.78 is 1.73. The summed E-state index contributed by atoms with van der Waals surface area (Å²) in [6, 6.07) is 0. The minimum Gasteiger partial charge on any atom is -0.371 e. The van der Waals surface area contributed by atoms with Crippen molar-refractivity contribution in [1.29, 1.82) is 0 Å². The normalized spacial score (nSPS) is 10.3. The molecule has 0 fully saturated rings. The lowest BCUT2D eigenvalue weighted by Crippen LogP contribution is -2.27. The van der Waals surface area contributed by atoms with Gasteiger partial charge in [0.2, 0.25) is 0 Å². The fourth-order valence-electron chi connectivity index (χ4n) is 1.72. The molecule has 0 radical (unpaired) electrons. The number of hydrogen-bond acceptors (Lipinski definition) is 3. The van der Waals surface area contributed by atoms with Gasteiger partial charge in [-0.2, -0.15) is 0 Å². The Bertz CT molecular complexity index is 359. The zero-order valence-corrected chi connectivity index (χ0v) is 10.9. The van der Waals surface area contributed by atoms with Crippen molar-refractivity contribution in [3.63, 3.8) is 0 Å². The summed E-state index contributed by atoms with van der Waals surface area (Å²) >= 11 is 0. The highest BCUT2D eigenvalue weighted by Crippen LogP contribution is 2.11. The van der Waals surface area contributed by atoms with Crippen LogP contribution in [0.4, 0.5) is 5.82 Å². The number of anilines is 1. The van der Waals surface area contributed by atoms with Crippen molar-refractivity contribution < 1.29 is 4.79 Å². The summed E-state index contributed by atoms with van der Waals surface area (Å²) in [5, 5.41) is 5.83. The molecular weight excluding hydrogens is 216 g/mol. The van der Waals surface area contributed by atoms with E-state index in [9.17, 15) is 4.79 Å². The summed E-state index contributed by atoms with van der Waals surface area (Å²) in [5.74, 6) is 0.560. The highest BCUT2D eigenvalue weighted by molar-refractivity contribution is 5.97. The van der Waals surface area contributed by atoms with Crippen molar-refractivity contribution in [3.05, 3.63) is 12.0 Å². The molecule has 1 aromatic rings. The molecule has 0 aliphatic carbocycles. The molecule has 96 valence electrons. The van der Waals surface area contributed by atoms with Crippen LogP contribution in [0.25, 0.3) is 0 Å². The molecule has 2 N–H and O–H groups in total. The van der Waals surface area contributed by atoms with Crippen LogP contribution in [0.15, 0.2) is 6.33 Å². The van der Waals surface area contributed by atoms with Crippen molar-refractivity contribution in [2.45, 2.75) is 32.6 Å². The Kier molecular flexibility index (Phi) is 5.52. The van der Waals surface area contributed by atoms with E-state index < -0.39 is 0 Å². The van der Waals surface area contributed by atoms with Gasteiger partial charge in [-0.25, -0.2) is 4.98 Å². The SMILES string of the molecule is CCCCCCNC(=O)c1c(NC)ncn1C. The van der Waals surface area contributed by atoms with E-state index in [4.69, 9.17) is 0 Å². The predicted molar refractivity (Wildman–Crippen MR) is 69.2 cm³/mol. The summed E-state index contributed by atoms with van der Waals surface area (Å²) in [4.78, 5) is 16.0. The Hall–Kier alpha value is -1.52. The van der Waals surface area contributed by atoms with Gasteiger partial charge in [0.15, 0.2) is 11.5 Å². The number of hydrogen-bond donors (Lipinski definition) is 2. The van der Waals surface area contributed by atoms with Gasteiger partial charge in [-0.05, 0) is 6.42 Å². The van der Waals surface area contributed by atoms with Crippen molar-refractivity contribution in [2.24, 2.45) is 7.05 Å². The lowest BCUT2D eigenvalue weighted by atomic mass is 10.2. The van der Waals surface area contributed by atoms with Gasteiger partial charge in [0.05, 0.1) is 6.33 Å². The van der Waals surface area contributed by atoms with Crippen LogP contribution in [-0.2, 0) is 7.05 Å². The monoisotopic (exact) mass is 238 g/mol. The first-order valence-electron chi connectivity index (χ1n) is 6.18. The predicted octanol–water partition coefficient (Wildman–Crippen LogP) is 1.77. The highest BCUT2D eigenvalue weighted by Gasteiger charge is 2.15. The molecule has 17 heavy (non-hydrogen) atoms. The first-order chi connectivity index (χ1) is 8.20. The summed E-state index contributed by atoms with van der Waals surface area (Å²) in [6.45, 7) is 2.90. The molecule has 0 saturated carbocycles. The number of imidazole rings is 1. The molecule has 1 aromatic heterocycles. The van der Waals surface area contributed by atoms with Gasteiger partial charge in [-0.3, -0.25) is 4.79 Å². The third kappa shape index (κ3) is 3.76. The standard InChI is InChI=1S/C12H22N4O/c1-4-5-6-7-8-14-12(17)10-11(13-2)15-9-16(10)3/h9,13H,4-8H2,1-3H3,(H,14,17). The summed E-state index contributed by atoms with van der Waals surface area (Å²) in [5.41, 5.74) is 0.586. The van der Waals surface area contributed by atoms with Crippen LogP contribution in [0.2, 0.25) is 0 Å². The smallest absolute Gasteiger partial charge is 0.271 e. The molecule has 0 aliphatic rings. The van der Waals surface area contributed by atoms with Crippen LogP contribution in [0.1, 0.15) is 43.1 Å². The lowest BCUT2D eigenvalue weighted by molar-refractivity contribution is 0.0945. The Morgan fingerprint density at radius 3 is 2.82 bits per heavy atom. The van der Waals surface area contributed by atoms with Crippen LogP contribution in [0, 0.1) is 0 Å². The Morgan fingerprint density at radius 2 is 2.18 bits per heavy atom. The van der Waals surface area contributed by atoms with Crippen LogP contribution >= 0.6 is 0 Å². The minimum atomic E-state index is -0.0640. The van der Waals surface area contributed by atoms with E-state index in [-0.39, 0.29) is 5.91 Å². The average molecular weight is 238 g/mol. The Balaban J connectivity index is 2.44. The molecular formula is C12H22N4O. The lowest BCUT2D eigenvalue weighted by Gasteiger charge is -2.07. The maximum absolute atomic E-state index is 11.9. The maximum Gasteiger partial charge on any atom is 0.271 e. The quantitative estimate of drug-likeness (QED) is 0.712. The number of carbonyl (C=O) groups is 1. The second kappa shape index (κ2) is 6.93. The highest BCUT2D eigenvalue weighted by atomic mass is 16.2. The largest absolute Gasteiger partial charge is 0.371 e. The molecule has 0 aliphatic heterocycles. The van der Waals surface area contributed by atoms with Gasteiger partial charge in [0.1, 0.15) is 0 Å². The number of unbranched alkanes of at least 4 members (excludes halogenated alkanes) is 3. The first kappa shape index (κ1) is 13.5. The molecule has 0 bridgehead atoms. The first-order valence-corrected chi connectivity index (χ1v) is 6.18. The van der Waals surface area contributed by atoms with Gasteiger partial charge in [0.25, 0.3) is 5.91 Å². The van der Waals surface area contributed by atoms with E-state index in [2.05, 4.69) is 22.5 Å². The Morgan fingerprint density at radius 1 is 1.41 bits per heavy atom. The van der Waals surface area contributed by atoms with E-state index in [1.807, 2.05) is 7.05 Å². The van der Waals surface area contributed by atoms with E-state index in [1.165, 1.54) is 19.3 Å². The number of carbonyl (C=O) groups excluding carboxylic acids is 1. The second-order valence-corrected chi connectivity index (χ2v) is 4.12. The van der Waals surface area contributed by atoms with Gasteiger partial charge >= 0.3 is 0 Å². The topological polar surface area (TPSA) is 59.0 Å². The fraction of sp³-hybridized carbons (Fsp3) is 0.667. The number of rotatable bonds is 7. The Labute approximate surface area is 103 Å². The molecule has 1 heterocycles. The number of nitrogens with zero attached hydrogens (tertiary/aromatic N) is 2. The zero-order valence-electron chi connectivity index (χ0n) is 10.9. The van der Waals surface area contributed by atoms with E-state index >= 15 is 0 Å². The molecule has 0 spiro atoms. The third-order valence-electron chi connectivity index (χ3n) is 2.70. The molecule has 0 saturated heterocycles. The number of amides is 1. The molecule has 0 atom stereocenters. The van der Waals surface area contributed by atoms with Crippen molar-refractivity contribution in [1.82, 2.24) is 14.9 Å². The molecule has 0 unspecified atom stereocenters. The van der Waals surface area contributed by atoms with E-state index in [1.54, 1.807) is 17.9 Å². The number of aromatic nitrogens is 2. The fourth-order valence-corrected chi connectivity index (χ4v) is 1.72. The number of aryl methyl sites for hydroxylation is 1. The van der Waals surface area contributed by atoms with Gasteiger partial charge in [0, 0.05) is 20.6 Å². The van der Waals surface area contributed by atoms with E-state index in [0.717, 1.165) is 13.0 Å². The molecule has 0 aromatic carbocycles. The van der Waals surface area contributed by atoms with Gasteiger partial charge < -0.3 is 15.2 Å². The molecule has 5 nitrogen and oxygen atoms in total. The van der Waals surface area contributed by atoms with Crippen LogP contribution in [0.3, 0.4) is 0 Å². The van der Waals surface area contributed by atoms with Crippen LogP contribution in [-0.4, -0.2) is 29.1 Å². The van der Waals surface area contributed by atoms with Crippen LogP contribution in [0.5, 0.6) is 0 Å². The maximum atomic E-state index is 11.9. The van der Waals surface area contributed by atoms with Crippen molar-refractivity contribution >= 4 is 11.7 Å². The second-order valence-electron chi connectivity index (χ2n) is 4.12. The van der Waals surface area contributed by atoms with Crippen molar-refractivity contribution in [3.8, 4) is 0 Å². The van der Waals surface area contributed by atoms with Gasteiger partial charge in [-0.15, -0.1) is 0 Å².